The summed E-state index contributed by atoms with van der Waals surface area (Å²) in [6.07, 6.45) is 0.336. The smallest absolute Gasteiger partial charge is 0.266 e. The molecule has 0 saturated carbocycles. The summed E-state index contributed by atoms with van der Waals surface area (Å²) < 4.78 is 0. The van der Waals surface area contributed by atoms with Crippen LogP contribution in [0.15, 0.2) is 36.4 Å². The molecule has 104 valence electrons. The van der Waals surface area contributed by atoms with Gasteiger partial charge in [0.15, 0.2) is 5.82 Å². The number of nitrogens with two attached hydrogens (primary N) is 1. The number of aromatic nitrogens is 2. The van der Waals surface area contributed by atoms with Gasteiger partial charge in [-0.15, -0.1) is 0 Å². The maximum Gasteiger partial charge on any atom is 0.266 e. The van der Waals surface area contributed by atoms with Crippen LogP contribution < -0.4 is 11.1 Å². The Labute approximate surface area is 116 Å². The van der Waals surface area contributed by atoms with Gasteiger partial charge in [-0.2, -0.15) is 5.10 Å². The van der Waals surface area contributed by atoms with Crippen LogP contribution in [0.25, 0.3) is 0 Å². The summed E-state index contributed by atoms with van der Waals surface area (Å²) >= 11 is 0. The van der Waals surface area contributed by atoms with Crippen LogP contribution in [0, 0.1) is 0 Å². The first-order chi connectivity index (χ1) is 9.56. The van der Waals surface area contributed by atoms with Gasteiger partial charge in [-0.1, -0.05) is 37.3 Å². The van der Waals surface area contributed by atoms with Gasteiger partial charge in [0.1, 0.15) is 5.69 Å². The summed E-state index contributed by atoms with van der Waals surface area (Å²) in [5.74, 6) is -0.380. The van der Waals surface area contributed by atoms with Crippen LogP contribution >= 0.6 is 0 Å². The van der Waals surface area contributed by atoms with E-state index in [1.165, 1.54) is 6.07 Å². The van der Waals surface area contributed by atoms with Gasteiger partial charge in [-0.05, 0) is 11.5 Å². The predicted octanol–water partition coefficient (Wildman–Crippen LogP) is 1.64. The van der Waals surface area contributed by atoms with E-state index in [0.717, 1.165) is 5.56 Å². The van der Waals surface area contributed by atoms with Crippen molar-refractivity contribution in [3.8, 4) is 0 Å². The van der Waals surface area contributed by atoms with E-state index >= 15 is 0 Å². The van der Waals surface area contributed by atoms with Crippen LogP contribution in [0.3, 0.4) is 0 Å². The molecule has 0 aliphatic heterocycles. The third-order valence-corrected chi connectivity index (χ3v) is 2.97. The Morgan fingerprint density at radius 2 is 2.05 bits per heavy atom. The lowest BCUT2D eigenvalue weighted by Crippen LogP contribution is -2.14. The number of anilines is 1. The molecule has 0 fully saturated rings. The number of hydrogen-bond acceptors (Lipinski definition) is 3. The summed E-state index contributed by atoms with van der Waals surface area (Å²) in [4.78, 5) is 22.8. The van der Waals surface area contributed by atoms with E-state index in [-0.39, 0.29) is 17.5 Å². The number of primary amides is 1. The molecule has 0 aliphatic carbocycles. The van der Waals surface area contributed by atoms with Gasteiger partial charge in [-0.25, -0.2) is 0 Å². The van der Waals surface area contributed by atoms with Gasteiger partial charge in [0, 0.05) is 12.5 Å². The standard InChI is InChI=1S/C14H16N4O2/c1-9(10-5-3-2-4-6-10)7-13(19)16-12-8-11(14(15)20)17-18-12/h2-6,8-9H,7H2,1H3,(H2,15,20)(H2,16,17,18,19). The zero-order chi connectivity index (χ0) is 14.5. The molecule has 2 aromatic rings. The van der Waals surface area contributed by atoms with Crippen molar-refractivity contribution in [2.45, 2.75) is 19.3 Å². The Balaban J connectivity index is 1.93. The fraction of sp³-hybridized carbons (Fsp3) is 0.214. The first-order valence-corrected chi connectivity index (χ1v) is 6.26. The molecule has 1 aromatic carbocycles. The number of carbonyl (C=O) groups is 2. The van der Waals surface area contributed by atoms with E-state index in [1.54, 1.807) is 0 Å². The van der Waals surface area contributed by atoms with Crippen molar-refractivity contribution in [2.24, 2.45) is 5.73 Å². The first-order valence-electron chi connectivity index (χ1n) is 6.26. The van der Waals surface area contributed by atoms with E-state index in [4.69, 9.17) is 5.73 Å². The number of H-pyrrole nitrogens is 1. The van der Waals surface area contributed by atoms with Crippen molar-refractivity contribution in [3.63, 3.8) is 0 Å². The molecule has 1 aromatic heterocycles. The number of nitrogens with zero attached hydrogens (tertiary/aromatic N) is 1. The Kier molecular flexibility index (Phi) is 4.14. The third kappa shape index (κ3) is 3.44. The average molecular weight is 272 g/mol. The molecule has 6 heteroatoms. The fourth-order valence-corrected chi connectivity index (χ4v) is 1.88. The summed E-state index contributed by atoms with van der Waals surface area (Å²) in [6, 6.07) is 11.2. The molecule has 1 heterocycles. The Bertz CT molecular complexity index is 607. The van der Waals surface area contributed by atoms with E-state index in [9.17, 15) is 9.59 Å². The monoisotopic (exact) mass is 272 g/mol. The summed E-state index contributed by atoms with van der Waals surface area (Å²) in [6.45, 7) is 1.98. The van der Waals surface area contributed by atoms with Gasteiger partial charge in [-0.3, -0.25) is 14.7 Å². The van der Waals surface area contributed by atoms with Crippen LogP contribution in [0.2, 0.25) is 0 Å². The van der Waals surface area contributed by atoms with Crippen molar-refractivity contribution >= 4 is 17.6 Å². The molecule has 0 spiro atoms. The van der Waals surface area contributed by atoms with E-state index in [1.807, 2.05) is 37.3 Å². The molecule has 1 atom stereocenters. The summed E-state index contributed by atoms with van der Waals surface area (Å²) in [5.41, 5.74) is 6.35. The van der Waals surface area contributed by atoms with Gasteiger partial charge >= 0.3 is 0 Å². The van der Waals surface area contributed by atoms with Crippen molar-refractivity contribution < 1.29 is 9.59 Å². The van der Waals surface area contributed by atoms with E-state index in [0.29, 0.717) is 12.2 Å². The van der Waals surface area contributed by atoms with Crippen molar-refractivity contribution in [3.05, 3.63) is 47.7 Å². The third-order valence-electron chi connectivity index (χ3n) is 2.97. The number of amides is 2. The van der Waals surface area contributed by atoms with E-state index in [2.05, 4.69) is 15.5 Å². The number of hydrogen-bond donors (Lipinski definition) is 3. The Morgan fingerprint density at radius 3 is 2.65 bits per heavy atom. The highest BCUT2D eigenvalue weighted by molar-refractivity contribution is 5.94. The highest BCUT2D eigenvalue weighted by Crippen LogP contribution is 2.19. The van der Waals surface area contributed by atoms with Gasteiger partial charge in [0.25, 0.3) is 5.91 Å². The molecule has 0 bridgehead atoms. The summed E-state index contributed by atoms with van der Waals surface area (Å²) in [5, 5.41) is 8.88. The first kappa shape index (κ1) is 13.8. The number of carbonyl (C=O) groups excluding carboxylic acids is 2. The molecule has 0 saturated heterocycles. The molecule has 2 amide bonds. The zero-order valence-corrected chi connectivity index (χ0v) is 11.1. The van der Waals surface area contributed by atoms with Gasteiger partial charge < -0.3 is 11.1 Å². The minimum atomic E-state index is -0.615. The quantitative estimate of drug-likeness (QED) is 0.771. The Hall–Kier alpha value is -2.63. The SMILES string of the molecule is CC(CC(=O)Nc1cc(C(N)=O)[nH]n1)c1ccccc1. The number of rotatable bonds is 5. The normalized spacial score (nSPS) is 11.8. The molecular formula is C14H16N4O2. The molecule has 6 nitrogen and oxygen atoms in total. The summed E-state index contributed by atoms with van der Waals surface area (Å²) in [7, 11) is 0. The zero-order valence-electron chi connectivity index (χ0n) is 11.1. The van der Waals surface area contributed by atoms with Crippen molar-refractivity contribution in [1.82, 2.24) is 10.2 Å². The lowest BCUT2D eigenvalue weighted by atomic mass is 9.98. The molecule has 1 unspecified atom stereocenters. The van der Waals surface area contributed by atoms with Crippen LogP contribution in [-0.4, -0.2) is 22.0 Å². The molecule has 20 heavy (non-hydrogen) atoms. The fourth-order valence-electron chi connectivity index (χ4n) is 1.88. The molecule has 4 N–H and O–H groups in total. The Morgan fingerprint density at radius 1 is 1.35 bits per heavy atom. The maximum atomic E-state index is 11.9. The van der Waals surface area contributed by atoms with Crippen LogP contribution in [0.1, 0.15) is 35.3 Å². The lowest BCUT2D eigenvalue weighted by molar-refractivity contribution is -0.116. The highest BCUT2D eigenvalue weighted by Gasteiger charge is 2.13. The van der Waals surface area contributed by atoms with Crippen LogP contribution in [0.5, 0.6) is 0 Å². The molecule has 2 rings (SSSR count). The number of nitrogens with one attached hydrogen (secondary N) is 2. The minimum absolute atomic E-state index is 0.103. The molecule has 0 radical (unpaired) electrons. The second-order valence-electron chi connectivity index (χ2n) is 4.60. The van der Waals surface area contributed by atoms with Crippen LogP contribution in [-0.2, 0) is 4.79 Å². The van der Waals surface area contributed by atoms with Crippen molar-refractivity contribution in [2.75, 3.05) is 5.32 Å². The second-order valence-corrected chi connectivity index (χ2v) is 4.60. The van der Waals surface area contributed by atoms with Crippen molar-refractivity contribution in [1.29, 1.82) is 0 Å². The lowest BCUT2D eigenvalue weighted by Gasteiger charge is -2.10. The second kappa shape index (κ2) is 6.01. The molecule has 0 aliphatic rings. The minimum Gasteiger partial charge on any atom is -0.364 e. The average Bonchev–Trinajstić information content (AvgIpc) is 2.88. The highest BCUT2D eigenvalue weighted by atomic mass is 16.2. The number of aromatic amines is 1. The van der Waals surface area contributed by atoms with Gasteiger partial charge in [0.05, 0.1) is 0 Å². The largest absolute Gasteiger partial charge is 0.364 e. The maximum absolute atomic E-state index is 11.9. The molecular weight excluding hydrogens is 256 g/mol. The topological polar surface area (TPSA) is 101 Å². The van der Waals surface area contributed by atoms with E-state index < -0.39 is 5.91 Å². The number of benzene rings is 1. The predicted molar refractivity (Wildman–Crippen MR) is 75.2 cm³/mol. The van der Waals surface area contributed by atoms with Crippen LogP contribution in [0.4, 0.5) is 5.82 Å². The van der Waals surface area contributed by atoms with Gasteiger partial charge in [0.2, 0.25) is 5.91 Å².